The highest BCUT2D eigenvalue weighted by Gasteiger charge is 2.31. The lowest BCUT2D eigenvalue weighted by molar-refractivity contribution is -0.120. The molecule has 7 nitrogen and oxygen atoms in total. The standard InChI is InChI=1S/C18H28N4O3S2/c1-3-10-22-16(14-7-5-4-6-8-14)20-21-18(22)26-13(2)17(23)19-15-9-11-27(24,25)12-15/h3,13-15H,1,4-12H2,2H3,(H,19,23)/t13-,15+/m1/s1. The fourth-order valence-corrected chi connectivity index (χ4v) is 6.34. The van der Waals surface area contributed by atoms with Crippen LogP contribution in [-0.4, -0.2) is 51.9 Å². The molecule has 1 saturated carbocycles. The summed E-state index contributed by atoms with van der Waals surface area (Å²) >= 11 is 1.37. The third-order valence-corrected chi connectivity index (χ3v) is 8.11. The van der Waals surface area contributed by atoms with Crippen LogP contribution in [0.5, 0.6) is 0 Å². The Morgan fingerprint density at radius 3 is 2.70 bits per heavy atom. The molecule has 1 aliphatic heterocycles. The maximum atomic E-state index is 12.5. The number of nitrogens with zero attached hydrogens (tertiary/aromatic N) is 3. The first-order valence-corrected chi connectivity index (χ1v) is 12.3. The van der Waals surface area contributed by atoms with Gasteiger partial charge < -0.3 is 9.88 Å². The normalized spacial score (nSPS) is 23.8. The first kappa shape index (κ1) is 20.4. The average Bonchev–Trinajstić information content (AvgIpc) is 3.19. The zero-order chi connectivity index (χ0) is 19.4. The topological polar surface area (TPSA) is 94.0 Å². The summed E-state index contributed by atoms with van der Waals surface area (Å²) in [6.07, 6.45) is 8.30. The Morgan fingerprint density at radius 2 is 2.07 bits per heavy atom. The third kappa shape index (κ3) is 5.13. The summed E-state index contributed by atoms with van der Waals surface area (Å²) in [5.41, 5.74) is 0. The van der Waals surface area contributed by atoms with E-state index < -0.39 is 9.84 Å². The van der Waals surface area contributed by atoms with Crippen molar-refractivity contribution < 1.29 is 13.2 Å². The number of carbonyl (C=O) groups is 1. The zero-order valence-electron chi connectivity index (χ0n) is 15.8. The third-order valence-electron chi connectivity index (χ3n) is 5.26. The van der Waals surface area contributed by atoms with Gasteiger partial charge in [0.15, 0.2) is 15.0 Å². The number of amides is 1. The van der Waals surface area contributed by atoms with Crippen molar-refractivity contribution in [1.82, 2.24) is 20.1 Å². The number of aromatic nitrogens is 3. The van der Waals surface area contributed by atoms with Crippen molar-refractivity contribution >= 4 is 27.5 Å². The van der Waals surface area contributed by atoms with E-state index in [2.05, 4.69) is 26.7 Å². The van der Waals surface area contributed by atoms with E-state index in [0.717, 1.165) is 23.8 Å². The lowest BCUT2D eigenvalue weighted by Gasteiger charge is -2.21. The van der Waals surface area contributed by atoms with Crippen LogP contribution in [0.2, 0.25) is 0 Å². The molecule has 1 aromatic heterocycles. The van der Waals surface area contributed by atoms with Gasteiger partial charge in [-0.05, 0) is 26.2 Å². The van der Waals surface area contributed by atoms with Crippen LogP contribution in [0.25, 0.3) is 0 Å². The molecule has 2 atom stereocenters. The molecule has 0 spiro atoms. The van der Waals surface area contributed by atoms with Gasteiger partial charge in [0, 0.05) is 18.5 Å². The minimum Gasteiger partial charge on any atom is -0.351 e. The highest BCUT2D eigenvalue weighted by molar-refractivity contribution is 8.00. The second kappa shape index (κ2) is 8.77. The summed E-state index contributed by atoms with van der Waals surface area (Å²) in [7, 11) is -3.01. The maximum Gasteiger partial charge on any atom is 0.233 e. The Hall–Kier alpha value is -1.35. The summed E-state index contributed by atoms with van der Waals surface area (Å²) in [5, 5.41) is 12.0. The number of nitrogens with one attached hydrogen (secondary N) is 1. The Balaban J connectivity index is 1.66. The predicted molar refractivity (Wildman–Crippen MR) is 107 cm³/mol. The van der Waals surface area contributed by atoms with E-state index in [1.165, 1.54) is 31.0 Å². The molecule has 2 aliphatic rings. The van der Waals surface area contributed by atoms with E-state index >= 15 is 0 Å². The fraction of sp³-hybridized carbons (Fsp3) is 0.722. The van der Waals surface area contributed by atoms with Crippen molar-refractivity contribution in [2.45, 2.75) is 74.4 Å². The van der Waals surface area contributed by atoms with Crippen LogP contribution in [0.1, 0.15) is 57.2 Å². The molecule has 1 N–H and O–H groups in total. The number of rotatable bonds is 7. The summed E-state index contributed by atoms with van der Waals surface area (Å²) in [5.74, 6) is 1.45. The number of sulfone groups is 1. The van der Waals surface area contributed by atoms with E-state index in [0.29, 0.717) is 18.9 Å². The molecule has 3 rings (SSSR count). The lowest BCUT2D eigenvalue weighted by atomic mass is 9.89. The van der Waals surface area contributed by atoms with Gasteiger partial charge in [-0.3, -0.25) is 4.79 Å². The van der Waals surface area contributed by atoms with Crippen LogP contribution in [0.3, 0.4) is 0 Å². The smallest absolute Gasteiger partial charge is 0.233 e. The molecule has 2 heterocycles. The molecular weight excluding hydrogens is 384 g/mol. The van der Waals surface area contributed by atoms with Crippen LogP contribution in [0, 0.1) is 0 Å². The highest BCUT2D eigenvalue weighted by atomic mass is 32.2. The summed E-state index contributed by atoms with van der Waals surface area (Å²) < 4.78 is 25.2. The number of thioether (sulfide) groups is 1. The lowest BCUT2D eigenvalue weighted by Crippen LogP contribution is -2.40. The van der Waals surface area contributed by atoms with Crippen molar-refractivity contribution in [1.29, 1.82) is 0 Å². The van der Waals surface area contributed by atoms with Gasteiger partial charge in [0.05, 0.1) is 16.8 Å². The average molecular weight is 413 g/mol. The molecular formula is C18H28N4O3S2. The van der Waals surface area contributed by atoms with Crippen molar-refractivity contribution in [3.8, 4) is 0 Å². The van der Waals surface area contributed by atoms with Gasteiger partial charge >= 0.3 is 0 Å². The van der Waals surface area contributed by atoms with Crippen LogP contribution in [0.4, 0.5) is 0 Å². The summed E-state index contributed by atoms with van der Waals surface area (Å²) in [6.45, 7) is 6.27. The van der Waals surface area contributed by atoms with Crippen LogP contribution >= 0.6 is 11.8 Å². The van der Waals surface area contributed by atoms with E-state index in [1.54, 1.807) is 0 Å². The van der Waals surface area contributed by atoms with Gasteiger partial charge in [0.25, 0.3) is 0 Å². The van der Waals surface area contributed by atoms with Gasteiger partial charge in [-0.25, -0.2) is 8.42 Å². The molecule has 150 valence electrons. The molecule has 9 heteroatoms. The van der Waals surface area contributed by atoms with Gasteiger partial charge in [-0.15, -0.1) is 16.8 Å². The van der Waals surface area contributed by atoms with E-state index in [4.69, 9.17) is 0 Å². The number of hydrogen-bond donors (Lipinski definition) is 1. The van der Waals surface area contributed by atoms with Crippen LogP contribution in [0.15, 0.2) is 17.8 Å². The molecule has 1 amide bonds. The Kier molecular flexibility index (Phi) is 6.62. The number of allylic oxidation sites excluding steroid dienone is 1. The predicted octanol–water partition coefficient (Wildman–Crippen LogP) is 2.30. The molecule has 27 heavy (non-hydrogen) atoms. The van der Waals surface area contributed by atoms with Crippen LogP contribution in [-0.2, 0) is 21.2 Å². The molecule has 0 bridgehead atoms. The maximum absolute atomic E-state index is 12.5. The molecule has 1 aromatic rings. The number of hydrogen-bond acceptors (Lipinski definition) is 6. The number of carbonyl (C=O) groups excluding carboxylic acids is 1. The van der Waals surface area contributed by atoms with Gasteiger partial charge in [0.2, 0.25) is 5.91 Å². The molecule has 0 radical (unpaired) electrons. The summed E-state index contributed by atoms with van der Waals surface area (Å²) in [4.78, 5) is 12.5. The quantitative estimate of drug-likeness (QED) is 0.545. The molecule has 0 unspecified atom stereocenters. The van der Waals surface area contributed by atoms with Gasteiger partial charge in [0.1, 0.15) is 5.82 Å². The Morgan fingerprint density at radius 1 is 1.33 bits per heavy atom. The largest absolute Gasteiger partial charge is 0.351 e. The highest BCUT2D eigenvalue weighted by Crippen LogP contribution is 2.34. The van der Waals surface area contributed by atoms with Crippen molar-refractivity contribution in [3.63, 3.8) is 0 Å². The van der Waals surface area contributed by atoms with E-state index in [9.17, 15) is 13.2 Å². The van der Waals surface area contributed by atoms with Gasteiger partial charge in [-0.1, -0.05) is 37.1 Å². The molecule has 1 saturated heterocycles. The fourth-order valence-electron chi connectivity index (χ4n) is 3.79. The van der Waals surface area contributed by atoms with Crippen molar-refractivity contribution in [2.24, 2.45) is 0 Å². The van der Waals surface area contributed by atoms with E-state index in [-0.39, 0.29) is 28.7 Å². The van der Waals surface area contributed by atoms with E-state index in [1.807, 2.05) is 13.0 Å². The molecule has 0 aromatic carbocycles. The molecule has 1 aliphatic carbocycles. The molecule has 2 fully saturated rings. The second-order valence-corrected chi connectivity index (χ2v) is 11.0. The van der Waals surface area contributed by atoms with Crippen molar-refractivity contribution in [2.75, 3.05) is 11.5 Å². The zero-order valence-corrected chi connectivity index (χ0v) is 17.4. The Labute approximate surface area is 165 Å². The monoisotopic (exact) mass is 412 g/mol. The minimum atomic E-state index is -3.01. The first-order chi connectivity index (χ1) is 12.9. The second-order valence-electron chi connectivity index (χ2n) is 7.44. The SMILES string of the molecule is C=CCn1c(S[C@H](C)C(=O)N[C@H]2CCS(=O)(=O)C2)nnc1C1CCCCC1. The summed E-state index contributed by atoms with van der Waals surface area (Å²) in [6, 6.07) is -0.283. The van der Waals surface area contributed by atoms with Crippen LogP contribution < -0.4 is 5.32 Å². The Bertz CT molecular complexity index is 785. The minimum absolute atomic E-state index is 0.0363. The van der Waals surface area contributed by atoms with Crippen molar-refractivity contribution in [3.05, 3.63) is 18.5 Å². The van der Waals surface area contributed by atoms with Gasteiger partial charge in [-0.2, -0.15) is 0 Å². The first-order valence-electron chi connectivity index (χ1n) is 9.61.